The number of nitrogens with zero attached hydrogens (tertiary/aromatic N) is 1. The first-order valence-electron chi connectivity index (χ1n) is 9.97. The van der Waals surface area contributed by atoms with Gasteiger partial charge in [-0.15, -0.1) is 0 Å². The number of nitrogens with one attached hydrogen (secondary N) is 2. The summed E-state index contributed by atoms with van der Waals surface area (Å²) in [6.07, 6.45) is 1.94. The Morgan fingerprint density at radius 1 is 0.967 bits per heavy atom. The lowest BCUT2D eigenvalue weighted by Gasteiger charge is -2.10. The number of aromatic nitrogens is 2. The third kappa shape index (κ3) is 5.54. The number of H-pyrrole nitrogens is 1. The largest absolute Gasteiger partial charge is 0.489 e. The number of para-hydroxylation sites is 2. The molecule has 0 aliphatic carbocycles. The second-order valence-electron chi connectivity index (χ2n) is 7.15. The molecule has 1 aromatic heterocycles. The van der Waals surface area contributed by atoms with E-state index < -0.39 is 0 Å². The molecule has 0 saturated carbocycles. The van der Waals surface area contributed by atoms with Gasteiger partial charge >= 0.3 is 0 Å². The van der Waals surface area contributed by atoms with Crippen molar-refractivity contribution in [3.05, 3.63) is 93.7 Å². The van der Waals surface area contributed by atoms with Crippen molar-refractivity contribution in [3.63, 3.8) is 0 Å². The molecule has 3 aromatic carbocycles. The highest BCUT2D eigenvalue weighted by atomic mass is 35.5. The topological polar surface area (TPSA) is 49.9 Å². The summed E-state index contributed by atoms with van der Waals surface area (Å²) < 4.78 is 5.90. The maximum atomic E-state index is 6.21. The van der Waals surface area contributed by atoms with Crippen LogP contribution in [0.25, 0.3) is 11.0 Å². The van der Waals surface area contributed by atoms with Crippen molar-refractivity contribution >= 4 is 34.2 Å². The minimum atomic E-state index is 0.407. The molecule has 0 amide bonds. The molecule has 30 heavy (non-hydrogen) atoms. The molecular formula is C24H23Cl2N3O. The summed E-state index contributed by atoms with van der Waals surface area (Å²) in [6, 6.07) is 21.7. The fraction of sp³-hybridized carbons (Fsp3) is 0.208. The number of aryl methyl sites for hydroxylation is 1. The van der Waals surface area contributed by atoms with Crippen molar-refractivity contribution in [2.24, 2.45) is 0 Å². The van der Waals surface area contributed by atoms with Gasteiger partial charge in [0.05, 0.1) is 11.0 Å². The molecule has 1 heterocycles. The molecule has 154 valence electrons. The van der Waals surface area contributed by atoms with Gasteiger partial charge in [-0.3, -0.25) is 0 Å². The maximum Gasteiger partial charge on any atom is 0.120 e. The Balaban J connectivity index is 1.22. The van der Waals surface area contributed by atoms with E-state index in [0.29, 0.717) is 16.7 Å². The first-order valence-corrected chi connectivity index (χ1v) is 10.7. The summed E-state index contributed by atoms with van der Waals surface area (Å²) in [6.45, 7) is 2.12. The van der Waals surface area contributed by atoms with Gasteiger partial charge in [-0.05, 0) is 54.9 Å². The van der Waals surface area contributed by atoms with Crippen LogP contribution in [0.4, 0.5) is 0 Å². The fourth-order valence-corrected chi connectivity index (χ4v) is 3.75. The predicted octanol–water partition coefficient (Wildman–Crippen LogP) is 6.17. The van der Waals surface area contributed by atoms with E-state index in [-0.39, 0.29) is 0 Å². The summed E-state index contributed by atoms with van der Waals surface area (Å²) in [7, 11) is 0. The molecule has 0 unspecified atom stereocenters. The van der Waals surface area contributed by atoms with Gasteiger partial charge < -0.3 is 15.0 Å². The normalized spacial score (nSPS) is 11.1. The Morgan fingerprint density at radius 3 is 2.73 bits per heavy atom. The first kappa shape index (κ1) is 20.7. The van der Waals surface area contributed by atoms with Gasteiger partial charge in [-0.2, -0.15) is 0 Å². The van der Waals surface area contributed by atoms with Gasteiger partial charge in [0.25, 0.3) is 0 Å². The average molecular weight is 440 g/mol. The zero-order valence-electron chi connectivity index (χ0n) is 16.5. The molecule has 4 rings (SSSR count). The van der Waals surface area contributed by atoms with Crippen LogP contribution in [0.5, 0.6) is 5.75 Å². The standard InChI is InChI=1S/C24H23Cl2N3O/c25-19-11-10-18(21(26)14-19)16-30-20-6-3-5-17(13-20)15-27-12-4-9-24-28-22-7-1-2-8-23(22)29-24/h1-3,5-8,10-11,13-14,27H,4,9,12,15-16H2,(H,28,29). The highest BCUT2D eigenvalue weighted by Crippen LogP contribution is 2.23. The van der Waals surface area contributed by atoms with Crippen LogP contribution in [0.15, 0.2) is 66.7 Å². The number of fused-ring (bicyclic) bond motifs is 1. The molecule has 0 radical (unpaired) electrons. The van der Waals surface area contributed by atoms with Gasteiger partial charge in [0.2, 0.25) is 0 Å². The second kappa shape index (κ2) is 9.98. The second-order valence-corrected chi connectivity index (χ2v) is 8.00. The molecule has 4 nitrogen and oxygen atoms in total. The number of hydrogen-bond donors (Lipinski definition) is 2. The highest BCUT2D eigenvalue weighted by molar-refractivity contribution is 6.35. The molecule has 0 aliphatic heterocycles. The molecule has 0 fully saturated rings. The molecular weight excluding hydrogens is 417 g/mol. The van der Waals surface area contributed by atoms with E-state index in [1.54, 1.807) is 6.07 Å². The zero-order valence-corrected chi connectivity index (χ0v) is 18.0. The molecule has 6 heteroatoms. The molecule has 0 bridgehead atoms. The van der Waals surface area contributed by atoms with Crippen molar-refractivity contribution in [1.29, 1.82) is 0 Å². The van der Waals surface area contributed by atoms with Crippen molar-refractivity contribution < 1.29 is 4.74 Å². The Kier molecular flexibility index (Phi) is 6.90. The van der Waals surface area contributed by atoms with Crippen LogP contribution in [0.3, 0.4) is 0 Å². The minimum Gasteiger partial charge on any atom is -0.489 e. The van der Waals surface area contributed by atoms with E-state index in [1.165, 1.54) is 5.56 Å². The van der Waals surface area contributed by atoms with Crippen molar-refractivity contribution in [1.82, 2.24) is 15.3 Å². The summed E-state index contributed by atoms with van der Waals surface area (Å²) in [5.74, 6) is 1.86. The predicted molar refractivity (Wildman–Crippen MR) is 123 cm³/mol. The van der Waals surface area contributed by atoms with Crippen LogP contribution in [0.1, 0.15) is 23.4 Å². The fourth-order valence-electron chi connectivity index (χ4n) is 3.28. The van der Waals surface area contributed by atoms with E-state index in [9.17, 15) is 0 Å². The van der Waals surface area contributed by atoms with Gasteiger partial charge in [-0.1, -0.05) is 53.5 Å². The van der Waals surface area contributed by atoms with E-state index in [2.05, 4.69) is 33.5 Å². The summed E-state index contributed by atoms with van der Waals surface area (Å²) in [4.78, 5) is 7.99. The van der Waals surface area contributed by atoms with E-state index in [1.807, 2.05) is 42.5 Å². The van der Waals surface area contributed by atoms with Gasteiger partial charge in [0.1, 0.15) is 18.2 Å². The van der Waals surface area contributed by atoms with E-state index >= 15 is 0 Å². The number of imidazole rings is 1. The third-order valence-corrected chi connectivity index (χ3v) is 5.43. The van der Waals surface area contributed by atoms with Crippen LogP contribution in [-0.2, 0) is 19.6 Å². The van der Waals surface area contributed by atoms with Gasteiger partial charge in [0.15, 0.2) is 0 Å². The first-order chi connectivity index (χ1) is 14.7. The van der Waals surface area contributed by atoms with Gasteiger partial charge in [-0.25, -0.2) is 4.98 Å². The van der Waals surface area contributed by atoms with Crippen molar-refractivity contribution in [2.45, 2.75) is 26.0 Å². The number of halogens is 2. The Hall–Kier alpha value is -2.53. The van der Waals surface area contributed by atoms with Crippen LogP contribution in [0.2, 0.25) is 10.0 Å². The summed E-state index contributed by atoms with van der Waals surface area (Å²) in [5, 5.41) is 4.73. The summed E-state index contributed by atoms with van der Waals surface area (Å²) >= 11 is 12.2. The molecule has 0 saturated heterocycles. The van der Waals surface area contributed by atoms with E-state index in [0.717, 1.165) is 54.1 Å². The monoisotopic (exact) mass is 439 g/mol. The Labute approximate surface area is 186 Å². The van der Waals surface area contributed by atoms with E-state index in [4.69, 9.17) is 27.9 Å². The lowest BCUT2D eigenvalue weighted by molar-refractivity contribution is 0.306. The Bertz CT molecular complexity index is 1090. The lowest BCUT2D eigenvalue weighted by atomic mass is 10.2. The molecule has 2 N–H and O–H groups in total. The van der Waals surface area contributed by atoms with Crippen LogP contribution < -0.4 is 10.1 Å². The van der Waals surface area contributed by atoms with Gasteiger partial charge in [0, 0.05) is 28.6 Å². The van der Waals surface area contributed by atoms with Crippen LogP contribution in [-0.4, -0.2) is 16.5 Å². The maximum absolute atomic E-state index is 6.21. The van der Waals surface area contributed by atoms with Crippen LogP contribution >= 0.6 is 23.2 Å². The highest BCUT2D eigenvalue weighted by Gasteiger charge is 2.04. The number of ether oxygens (including phenoxy) is 1. The summed E-state index contributed by atoms with van der Waals surface area (Å²) in [5.41, 5.74) is 4.21. The third-order valence-electron chi connectivity index (χ3n) is 4.84. The van der Waals surface area contributed by atoms with Crippen molar-refractivity contribution in [2.75, 3.05) is 6.54 Å². The zero-order chi connectivity index (χ0) is 20.8. The average Bonchev–Trinajstić information content (AvgIpc) is 3.16. The molecule has 0 atom stereocenters. The molecule has 0 aliphatic rings. The smallest absolute Gasteiger partial charge is 0.120 e. The Morgan fingerprint density at radius 2 is 1.87 bits per heavy atom. The number of benzene rings is 3. The van der Waals surface area contributed by atoms with Crippen molar-refractivity contribution in [3.8, 4) is 5.75 Å². The lowest BCUT2D eigenvalue weighted by Crippen LogP contribution is -2.15. The number of aromatic amines is 1. The molecule has 0 spiro atoms. The number of hydrogen-bond acceptors (Lipinski definition) is 3. The van der Waals surface area contributed by atoms with Crippen LogP contribution in [0, 0.1) is 0 Å². The minimum absolute atomic E-state index is 0.407. The molecule has 4 aromatic rings. The quantitative estimate of drug-likeness (QED) is 0.306. The number of rotatable bonds is 9. The SMILES string of the molecule is Clc1ccc(COc2cccc(CNCCCc3nc4ccccc4[nH]3)c2)c(Cl)c1.